The van der Waals surface area contributed by atoms with E-state index >= 15 is 0 Å². The van der Waals surface area contributed by atoms with Crippen LogP contribution in [0.1, 0.15) is 45.8 Å². The number of aromatic amines is 1. The molecule has 0 spiro atoms. The predicted octanol–water partition coefficient (Wildman–Crippen LogP) is 0.964. The molecule has 1 aromatic carbocycles. The fourth-order valence-electron chi connectivity index (χ4n) is 5.10. The first-order valence-electron chi connectivity index (χ1n) is 11.3. The number of benzene rings is 1. The van der Waals surface area contributed by atoms with Crippen LogP contribution in [0, 0.1) is 13.8 Å². The second-order valence-electron chi connectivity index (χ2n) is 9.19. The molecule has 0 radical (unpaired) electrons. The number of piperazine rings is 1. The third-order valence-electron chi connectivity index (χ3n) is 6.90. The van der Waals surface area contributed by atoms with Crippen molar-refractivity contribution in [3.63, 3.8) is 0 Å². The minimum Gasteiger partial charge on any atom is -0.322 e. The zero-order valence-corrected chi connectivity index (χ0v) is 18.9. The lowest BCUT2D eigenvalue weighted by molar-refractivity contribution is -1.02. The van der Waals surface area contributed by atoms with E-state index in [1.807, 2.05) is 0 Å². The monoisotopic (exact) mass is 424 g/mol. The molecule has 1 fully saturated rings. The molecular weight excluding hydrogens is 392 g/mol. The number of aromatic nitrogens is 2. The largest absolute Gasteiger partial charge is 0.322 e. The Morgan fingerprint density at radius 1 is 1.03 bits per heavy atom. The Morgan fingerprint density at radius 3 is 2.57 bits per heavy atom. The second-order valence-corrected chi connectivity index (χ2v) is 10.3. The number of H-pyrrole nitrogens is 1. The quantitative estimate of drug-likeness (QED) is 0.585. The molecule has 0 atom stereocenters. The summed E-state index contributed by atoms with van der Waals surface area (Å²) in [4.78, 5) is 26.3. The number of hydrogen-bond donors (Lipinski definition) is 3. The third kappa shape index (κ3) is 3.96. The van der Waals surface area contributed by atoms with E-state index < -0.39 is 0 Å². The smallest absolute Gasteiger partial charge is 0.260 e. The molecule has 1 aliphatic heterocycles. The maximum absolute atomic E-state index is 12.8. The normalized spacial score (nSPS) is 21.7. The summed E-state index contributed by atoms with van der Waals surface area (Å²) in [6.45, 7) is 10.9. The Balaban J connectivity index is 1.25. The van der Waals surface area contributed by atoms with Crippen LogP contribution in [-0.2, 0) is 25.9 Å². The molecule has 3 aromatic rings. The molecule has 3 N–H and O–H groups in total. The number of aryl methyl sites for hydroxylation is 4. The molecule has 3 heterocycles. The molecule has 0 unspecified atom stereocenters. The number of nitrogens with zero attached hydrogens (tertiary/aromatic N) is 1. The van der Waals surface area contributed by atoms with Gasteiger partial charge in [-0.2, -0.15) is 0 Å². The van der Waals surface area contributed by atoms with Crippen LogP contribution in [0.4, 0.5) is 0 Å². The Morgan fingerprint density at radius 2 is 1.77 bits per heavy atom. The standard InChI is InChI=1S/C24H30N4OS/c1-16-7-8-17(2)18(13-16)14-27-9-11-28(12-10-27)15-21-25-23(29)22-19-5-3-4-6-20(19)30-24(22)26-21/h7-8,13H,3-6,9-12,14-15H2,1-2H3,(H,25,26,29)/p+2. The van der Waals surface area contributed by atoms with Gasteiger partial charge in [0.15, 0.2) is 5.82 Å². The maximum Gasteiger partial charge on any atom is 0.260 e. The van der Waals surface area contributed by atoms with Gasteiger partial charge in [-0.1, -0.05) is 23.8 Å². The highest BCUT2D eigenvalue weighted by Crippen LogP contribution is 2.33. The van der Waals surface area contributed by atoms with Crippen LogP contribution in [0.25, 0.3) is 10.2 Å². The van der Waals surface area contributed by atoms with E-state index in [0.29, 0.717) is 0 Å². The molecule has 0 saturated carbocycles. The summed E-state index contributed by atoms with van der Waals surface area (Å²) in [7, 11) is 0. The predicted molar refractivity (Wildman–Crippen MR) is 122 cm³/mol. The number of quaternary nitrogens is 2. The Kier molecular flexibility index (Phi) is 5.48. The van der Waals surface area contributed by atoms with E-state index in [2.05, 4.69) is 37.0 Å². The highest BCUT2D eigenvalue weighted by molar-refractivity contribution is 7.18. The Labute approximate surface area is 181 Å². The van der Waals surface area contributed by atoms with Crippen molar-refractivity contribution in [2.24, 2.45) is 0 Å². The van der Waals surface area contributed by atoms with Crippen molar-refractivity contribution in [1.29, 1.82) is 0 Å². The molecule has 6 heteroatoms. The summed E-state index contributed by atoms with van der Waals surface area (Å²) in [6, 6.07) is 6.78. The Hall–Kier alpha value is -2.02. The van der Waals surface area contributed by atoms with E-state index in [9.17, 15) is 4.79 Å². The molecule has 30 heavy (non-hydrogen) atoms. The zero-order valence-electron chi connectivity index (χ0n) is 18.1. The van der Waals surface area contributed by atoms with Crippen molar-refractivity contribution in [2.45, 2.75) is 52.6 Å². The van der Waals surface area contributed by atoms with E-state index in [1.54, 1.807) is 16.2 Å². The van der Waals surface area contributed by atoms with Crippen molar-refractivity contribution < 1.29 is 9.80 Å². The van der Waals surface area contributed by atoms with E-state index in [1.165, 1.54) is 58.0 Å². The van der Waals surface area contributed by atoms with Crippen molar-refractivity contribution >= 4 is 21.6 Å². The highest BCUT2D eigenvalue weighted by Gasteiger charge is 2.25. The molecule has 1 saturated heterocycles. The zero-order chi connectivity index (χ0) is 20.7. The molecule has 158 valence electrons. The van der Waals surface area contributed by atoms with E-state index in [-0.39, 0.29) is 5.56 Å². The van der Waals surface area contributed by atoms with Gasteiger partial charge >= 0.3 is 0 Å². The van der Waals surface area contributed by atoms with Crippen LogP contribution in [0.15, 0.2) is 23.0 Å². The summed E-state index contributed by atoms with van der Waals surface area (Å²) < 4.78 is 0. The van der Waals surface area contributed by atoms with Crippen LogP contribution in [0.3, 0.4) is 0 Å². The summed E-state index contributed by atoms with van der Waals surface area (Å²) in [5.74, 6) is 0.860. The van der Waals surface area contributed by atoms with Crippen LogP contribution >= 0.6 is 11.3 Å². The number of nitrogens with one attached hydrogen (secondary N) is 3. The maximum atomic E-state index is 12.8. The van der Waals surface area contributed by atoms with Gasteiger partial charge in [-0.15, -0.1) is 11.3 Å². The molecular formula is C24H32N4OS+2. The van der Waals surface area contributed by atoms with Gasteiger partial charge in [0.1, 0.15) is 44.1 Å². The van der Waals surface area contributed by atoms with Crippen molar-refractivity contribution in [3.05, 3.63) is 61.5 Å². The van der Waals surface area contributed by atoms with Gasteiger partial charge in [0, 0.05) is 10.4 Å². The lowest BCUT2D eigenvalue weighted by Crippen LogP contribution is -3.27. The first kappa shape index (κ1) is 19.9. The van der Waals surface area contributed by atoms with Crippen LogP contribution < -0.4 is 15.4 Å². The van der Waals surface area contributed by atoms with Gasteiger partial charge in [-0.05, 0) is 50.7 Å². The molecule has 2 aromatic heterocycles. The molecule has 1 aliphatic carbocycles. The number of thiophene rings is 1. The average molecular weight is 425 g/mol. The SMILES string of the molecule is Cc1ccc(C)c(C[NH+]2CC[NH+](Cc3nc4sc5c(c4c(=O)[nH]3)CCCC5)CC2)c1. The summed E-state index contributed by atoms with van der Waals surface area (Å²) in [5, 5.41) is 0.872. The molecule has 0 amide bonds. The van der Waals surface area contributed by atoms with Gasteiger partial charge in [0.2, 0.25) is 0 Å². The minimum absolute atomic E-state index is 0.0768. The van der Waals surface area contributed by atoms with Crippen molar-refractivity contribution in [3.8, 4) is 0 Å². The lowest BCUT2D eigenvalue weighted by Gasteiger charge is -2.29. The lowest BCUT2D eigenvalue weighted by atomic mass is 9.97. The van der Waals surface area contributed by atoms with Gasteiger partial charge in [0.05, 0.1) is 5.39 Å². The topological polar surface area (TPSA) is 54.6 Å². The average Bonchev–Trinajstić information content (AvgIpc) is 3.11. The second kappa shape index (κ2) is 8.25. The molecule has 5 rings (SSSR count). The number of hydrogen-bond acceptors (Lipinski definition) is 3. The van der Waals surface area contributed by atoms with Crippen molar-refractivity contribution in [2.75, 3.05) is 26.2 Å². The van der Waals surface area contributed by atoms with Gasteiger partial charge in [0.25, 0.3) is 5.56 Å². The van der Waals surface area contributed by atoms with Crippen LogP contribution in [0.2, 0.25) is 0 Å². The first-order chi connectivity index (χ1) is 14.6. The molecule has 2 aliphatic rings. The summed E-state index contributed by atoms with van der Waals surface area (Å²) >= 11 is 1.75. The fraction of sp³-hybridized carbons (Fsp3) is 0.500. The molecule has 5 nitrogen and oxygen atoms in total. The van der Waals surface area contributed by atoms with Gasteiger partial charge in [-0.3, -0.25) is 4.79 Å². The highest BCUT2D eigenvalue weighted by atomic mass is 32.1. The van der Waals surface area contributed by atoms with Crippen LogP contribution in [-0.4, -0.2) is 36.1 Å². The summed E-state index contributed by atoms with van der Waals surface area (Å²) in [5.41, 5.74) is 5.58. The van der Waals surface area contributed by atoms with E-state index in [0.717, 1.165) is 55.1 Å². The fourth-order valence-corrected chi connectivity index (χ4v) is 6.38. The molecule has 0 bridgehead atoms. The van der Waals surface area contributed by atoms with Gasteiger partial charge < -0.3 is 14.8 Å². The van der Waals surface area contributed by atoms with Crippen LogP contribution in [0.5, 0.6) is 0 Å². The number of rotatable bonds is 4. The van der Waals surface area contributed by atoms with Crippen molar-refractivity contribution in [1.82, 2.24) is 9.97 Å². The van der Waals surface area contributed by atoms with Gasteiger partial charge in [-0.25, -0.2) is 4.98 Å². The Bertz CT molecular complexity index is 1120. The third-order valence-corrected chi connectivity index (χ3v) is 8.09. The number of fused-ring (bicyclic) bond motifs is 3. The minimum atomic E-state index is 0.0768. The first-order valence-corrected chi connectivity index (χ1v) is 12.1. The van der Waals surface area contributed by atoms with E-state index in [4.69, 9.17) is 4.98 Å². The summed E-state index contributed by atoms with van der Waals surface area (Å²) in [6.07, 6.45) is 4.58.